The number of likely N-dealkylation sites (tertiary alicyclic amines) is 2. The smallest absolute Gasteiger partial charge is 0.410 e. The maximum absolute atomic E-state index is 12.1. The fourth-order valence-corrected chi connectivity index (χ4v) is 4.27. The summed E-state index contributed by atoms with van der Waals surface area (Å²) in [5, 5.41) is 3.44. The Labute approximate surface area is 140 Å². The number of hydrogen-bond donors (Lipinski definition) is 1. The van der Waals surface area contributed by atoms with Gasteiger partial charge in [-0.15, -0.1) is 0 Å². The van der Waals surface area contributed by atoms with Crippen LogP contribution in [0.3, 0.4) is 0 Å². The quantitative estimate of drug-likeness (QED) is 0.847. The van der Waals surface area contributed by atoms with Gasteiger partial charge in [-0.3, -0.25) is 0 Å². The Balaban J connectivity index is 1.39. The number of carbonyl (C=O) groups is 1. The fraction of sp³-hybridized carbons (Fsp3) is 0.944. The maximum Gasteiger partial charge on any atom is 0.410 e. The minimum Gasteiger partial charge on any atom is -0.444 e. The molecule has 0 aromatic rings. The number of nitrogens with one attached hydrogen (secondary N) is 1. The second-order valence-corrected chi connectivity index (χ2v) is 8.83. The van der Waals surface area contributed by atoms with Crippen molar-refractivity contribution in [1.29, 1.82) is 0 Å². The van der Waals surface area contributed by atoms with E-state index in [1.165, 1.54) is 45.6 Å². The first-order valence-corrected chi connectivity index (χ1v) is 9.26. The summed E-state index contributed by atoms with van der Waals surface area (Å²) in [5.74, 6) is 0.885. The first kappa shape index (κ1) is 17.0. The van der Waals surface area contributed by atoms with E-state index in [1.807, 2.05) is 25.7 Å². The second kappa shape index (κ2) is 6.60. The Kier molecular flexibility index (Phi) is 4.88. The first-order valence-electron chi connectivity index (χ1n) is 9.26. The molecule has 0 aromatic carbocycles. The van der Waals surface area contributed by atoms with E-state index in [-0.39, 0.29) is 6.09 Å². The van der Waals surface area contributed by atoms with Gasteiger partial charge in [-0.1, -0.05) is 0 Å². The van der Waals surface area contributed by atoms with E-state index < -0.39 is 5.60 Å². The molecule has 3 fully saturated rings. The van der Waals surface area contributed by atoms with Crippen LogP contribution in [0.25, 0.3) is 0 Å². The molecule has 0 unspecified atom stereocenters. The molecule has 1 amide bonds. The van der Waals surface area contributed by atoms with Crippen LogP contribution < -0.4 is 5.32 Å². The highest BCUT2D eigenvalue weighted by molar-refractivity contribution is 5.68. The third-order valence-electron chi connectivity index (χ3n) is 5.57. The Hall–Kier alpha value is -0.810. The van der Waals surface area contributed by atoms with Gasteiger partial charge < -0.3 is 19.9 Å². The van der Waals surface area contributed by atoms with E-state index in [2.05, 4.69) is 10.2 Å². The lowest BCUT2D eigenvalue weighted by Crippen LogP contribution is -2.61. The third-order valence-corrected chi connectivity index (χ3v) is 5.57. The Bertz CT molecular complexity index is 410. The number of piperidine rings is 2. The lowest BCUT2D eigenvalue weighted by atomic mass is 9.71. The zero-order valence-corrected chi connectivity index (χ0v) is 15.1. The highest BCUT2D eigenvalue weighted by Gasteiger charge is 2.46. The summed E-state index contributed by atoms with van der Waals surface area (Å²) < 4.78 is 5.49. The molecule has 3 saturated heterocycles. The summed E-state index contributed by atoms with van der Waals surface area (Å²) >= 11 is 0. The van der Waals surface area contributed by atoms with Gasteiger partial charge in [0, 0.05) is 32.7 Å². The van der Waals surface area contributed by atoms with E-state index in [1.54, 1.807) is 0 Å². The molecule has 1 N–H and O–H groups in total. The Morgan fingerprint density at radius 3 is 2.35 bits per heavy atom. The van der Waals surface area contributed by atoms with Gasteiger partial charge in [-0.05, 0) is 70.9 Å². The van der Waals surface area contributed by atoms with Crippen LogP contribution in [0, 0.1) is 11.3 Å². The van der Waals surface area contributed by atoms with Crippen molar-refractivity contribution in [3.05, 3.63) is 0 Å². The number of ether oxygens (including phenoxy) is 1. The van der Waals surface area contributed by atoms with E-state index >= 15 is 0 Å². The molecular weight excluding hydrogens is 290 g/mol. The lowest BCUT2D eigenvalue weighted by Gasteiger charge is -2.55. The zero-order chi connectivity index (χ0) is 16.5. The van der Waals surface area contributed by atoms with Gasteiger partial charge in [0.25, 0.3) is 0 Å². The van der Waals surface area contributed by atoms with Gasteiger partial charge in [0.2, 0.25) is 0 Å². The molecule has 0 aliphatic carbocycles. The molecule has 23 heavy (non-hydrogen) atoms. The van der Waals surface area contributed by atoms with Gasteiger partial charge in [0.1, 0.15) is 5.60 Å². The molecule has 0 saturated carbocycles. The normalized spacial score (nSPS) is 26.1. The largest absolute Gasteiger partial charge is 0.444 e. The van der Waals surface area contributed by atoms with E-state index in [9.17, 15) is 4.79 Å². The SMILES string of the molecule is CC(C)(C)OC(=O)N1CCC2(CC1)CN(CC1CCNCC1)C2. The predicted octanol–water partition coefficient (Wildman–Crippen LogP) is 2.32. The van der Waals surface area contributed by atoms with Crippen LogP contribution in [-0.2, 0) is 4.74 Å². The van der Waals surface area contributed by atoms with Gasteiger partial charge in [-0.25, -0.2) is 4.79 Å². The highest BCUT2D eigenvalue weighted by atomic mass is 16.6. The summed E-state index contributed by atoms with van der Waals surface area (Å²) in [7, 11) is 0. The third kappa shape index (κ3) is 4.38. The second-order valence-electron chi connectivity index (χ2n) is 8.83. The summed E-state index contributed by atoms with van der Waals surface area (Å²) in [6.07, 6.45) is 4.79. The van der Waals surface area contributed by atoms with Crippen LogP contribution in [0.4, 0.5) is 4.79 Å². The molecular formula is C18H33N3O2. The topological polar surface area (TPSA) is 44.8 Å². The highest BCUT2D eigenvalue weighted by Crippen LogP contribution is 2.41. The van der Waals surface area contributed by atoms with Crippen molar-refractivity contribution in [3.63, 3.8) is 0 Å². The fourth-order valence-electron chi connectivity index (χ4n) is 4.27. The Morgan fingerprint density at radius 1 is 1.17 bits per heavy atom. The van der Waals surface area contributed by atoms with Crippen molar-refractivity contribution < 1.29 is 9.53 Å². The lowest BCUT2D eigenvalue weighted by molar-refractivity contribution is -0.0581. The molecule has 5 heteroatoms. The molecule has 1 spiro atoms. The molecule has 5 nitrogen and oxygen atoms in total. The molecule has 3 rings (SSSR count). The standard InChI is InChI=1S/C18H33N3O2/c1-17(2,3)23-16(22)21-10-6-18(7-11-21)13-20(14-18)12-15-4-8-19-9-5-15/h15,19H,4-14H2,1-3H3. The van der Waals surface area contributed by atoms with Gasteiger partial charge in [-0.2, -0.15) is 0 Å². The molecule has 0 aromatic heterocycles. The van der Waals surface area contributed by atoms with Crippen molar-refractivity contribution in [3.8, 4) is 0 Å². The number of hydrogen-bond acceptors (Lipinski definition) is 4. The molecule has 132 valence electrons. The van der Waals surface area contributed by atoms with E-state index in [0.29, 0.717) is 5.41 Å². The average molecular weight is 323 g/mol. The number of amides is 1. The van der Waals surface area contributed by atoms with Gasteiger partial charge in [0.05, 0.1) is 0 Å². The van der Waals surface area contributed by atoms with Crippen LogP contribution in [0.15, 0.2) is 0 Å². The van der Waals surface area contributed by atoms with Crippen molar-refractivity contribution >= 4 is 6.09 Å². The monoisotopic (exact) mass is 323 g/mol. The van der Waals surface area contributed by atoms with Gasteiger partial charge >= 0.3 is 6.09 Å². The molecule has 3 heterocycles. The van der Waals surface area contributed by atoms with Crippen molar-refractivity contribution in [2.45, 2.75) is 52.1 Å². The molecule has 0 radical (unpaired) electrons. The summed E-state index contributed by atoms with van der Waals surface area (Å²) in [4.78, 5) is 16.7. The molecule has 3 aliphatic heterocycles. The summed E-state index contributed by atoms with van der Waals surface area (Å²) in [5.41, 5.74) is 0.0831. The molecule has 0 bridgehead atoms. The summed E-state index contributed by atoms with van der Waals surface area (Å²) in [6, 6.07) is 0. The van der Waals surface area contributed by atoms with Crippen LogP contribution in [0.5, 0.6) is 0 Å². The van der Waals surface area contributed by atoms with Crippen LogP contribution in [0.1, 0.15) is 46.5 Å². The minimum atomic E-state index is -0.395. The predicted molar refractivity (Wildman–Crippen MR) is 91.5 cm³/mol. The minimum absolute atomic E-state index is 0.141. The van der Waals surface area contributed by atoms with E-state index in [4.69, 9.17) is 4.74 Å². The maximum atomic E-state index is 12.1. The van der Waals surface area contributed by atoms with E-state index in [0.717, 1.165) is 31.8 Å². The number of carbonyl (C=O) groups excluding carboxylic acids is 1. The van der Waals surface area contributed by atoms with Crippen LogP contribution >= 0.6 is 0 Å². The number of nitrogens with zero attached hydrogens (tertiary/aromatic N) is 2. The molecule has 0 atom stereocenters. The van der Waals surface area contributed by atoms with Gasteiger partial charge in [0.15, 0.2) is 0 Å². The van der Waals surface area contributed by atoms with Crippen molar-refractivity contribution in [2.24, 2.45) is 11.3 Å². The molecule has 3 aliphatic rings. The first-order chi connectivity index (χ1) is 10.9. The zero-order valence-electron chi connectivity index (χ0n) is 15.1. The van der Waals surface area contributed by atoms with Crippen molar-refractivity contribution in [1.82, 2.24) is 15.1 Å². The Morgan fingerprint density at radius 2 is 1.78 bits per heavy atom. The van der Waals surface area contributed by atoms with Crippen molar-refractivity contribution in [2.75, 3.05) is 45.8 Å². The summed E-state index contributed by atoms with van der Waals surface area (Å²) in [6.45, 7) is 13.6. The average Bonchev–Trinajstić information content (AvgIpc) is 2.45. The van der Waals surface area contributed by atoms with Crippen LogP contribution in [0.2, 0.25) is 0 Å². The van der Waals surface area contributed by atoms with Crippen LogP contribution in [-0.4, -0.2) is 67.3 Å². The number of rotatable bonds is 2.